The van der Waals surface area contributed by atoms with E-state index < -0.39 is 0 Å². The Labute approximate surface area is 75.4 Å². The van der Waals surface area contributed by atoms with Crippen LogP contribution in [0.3, 0.4) is 0 Å². The highest BCUT2D eigenvalue weighted by atomic mass is 16.5. The third-order valence-corrected chi connectivity index (χ3v) is 1.35. The fourth-order valence-electron chi connectivity index (χ4n) is 0.739. The molecule has 0 saturated carbocycles. The molecule has 0 fully saturated rings. The van der Waals surface area contributed by atoms with Gasteiger partial charge in [-0.1, -0.05) is 42.8 Å². The fourth-order valence-corrected chi connectivity index (χ4v) is 0.739. The second-order valence-electron chi connectivity index (χ2n) is 2.65. The normalized spacial score (nSPS) is 8.58. The van der Waals surface area contributed by atoms with Crippen molar-refractivity contribution in [2.24, 2.45) is 0 Å². The van der Waals surface area contributed by atoms with Gasteiger partial charge >= 0.3 is 0 Å². The van der Waals surface area contributed by atoms with E-state index in [4.69, 9.17) is 4.74 Å². The molecule has 0 aliphatic rings. The van der Waals surface area contributed by atoms with Crippen molar-refractivity contribution in [3.63, 3.8) is 0 Å². The van der Waals surface area contributed by atoms with Gasteiger partial charge in [-0.15, -0.1) is 0 Å². The number of ether oxygens (including phenoxy) is 1. The van der Waals surface area contributed by atoms with Gasteiger partial charge in [-0.05, 0) is 13.3 Å². The van der Waals surface area contributed by atoms with Crippen LogP contribution in [-0.4, -0.2) is 13.7 Å². The minimum atomic E-state index is 0.889. The molecule has 0 unspecified atom stereocenters. The first-order chi connectivity index (χ1) is 5.81. The minimum absolute atomic E-state index is 0.889. The summed E-state index contributed by atoms with van der Waals surface area (Å²) in [6, 6.07) is 10.3. The molecule has 1 rings (SSSR count). The van der Waals surface area contributed by atoms with E-state index in [1.54, 1.807) is 7.11 Å². The Hall–Kier alpha value is -0.820. The van der Waals surface area contributed by atoms with Gasteiger partial charge < -0.3 is 4.74 Å². The summed E-state index contributed by atoms with van der Waals surface area (Å²) in [5, 5.41) is 0. The van der Waals surface area contributed by atoms with Crippen molar-refractivity contribution in [1.29, 1.82) is 0 Å². The summed E-state index contributed by atoms with van der Waals surface area (Å²) in [7, 11) is 1.71. The zero-order valence-corrected chi connectivity index (χ0v) is 8.21. The van der Waals surface area contributed by atoms with E-state index in [0.717, 1.165) is 13.0 Å². The molecule has 1 aromatic carbocycles. The van der Waals surface area contributed by atoms with Crippen LogP contribution in [0.25, 0.3) is 0 Å². The lowest BCUT2D eigenvalue weighted by atomic mass is 10.2. The molecule has 0 heterocycles. The topological polar surface area (TPSA) is 9.23 Å². The van der Waals surface area contributed by atoms with Crippen molar-refractivity contribution < 1.29 is 4.74 Å². The quantitative estimate of drug-likeness (QED) is 0.656. The highest BCUT2D eigenvalue weighted by molar-refractivity contribution is 5.11. The number of hydrogen-bond acceptors (Lipinski definition) is 1. The van der Waals surface area contributed by atoms with E-state index in [1.165, 1.54) is 5.56 Å². The van der Waals surface area contributed by atoms with E-state index >= 15 is 0 Å². The lowest BCUT2D eigenvalue weighted by molar-refractivity contribution is 0.199. The molecule has 0 aromatic heterocycles. The average molecular weight is 166 g/mol. The summed E-state index contributed by atoms with van der Waals surface area (Å²) in [5.41, 5.74) is 1.32. The van der Waals surface area contributed by atoms with Crippen LogP contribution in [-0.2, 0) is 4.74 Å². The van der Waals surface area contributed by atoms with Crippen LogP contribution in [0.4, 0.5) is 0 Å². The Morgan fingerprint density at radius 3 is 1.92 bits per heavy atom. The van der Waals surface area contributed by atoms with Gasteiger partial charge in [-0.2, -0.15) is 0 Å². The van der Waals surface area contributed by atoms with Crippen molar-refractivity contribution in [2.75, 3.05) is 13.7 Å². The van der Waals surface area contributed by atoms with E-state index in [9.17, 15) is 0 Å². The first-order valence-electron chi connectivity index (χ1n) is 4.31. The van der Waals surface area contributed by atoms with Gasteiger partial charge in [0.05, 0.1) is 0 Å². The molecule has 1 nitrogen and oxygen atoms in total. The van der Waals surface area contributed by atoms with Gasteiger partial charge in [0.2, 0.25) is 0 Å². The van der Waals surface area contributed by atoms with Crippen molar-refractivity contribution in [3.05, 3.63) is 35.9 Å². The Morgan fingerprint density at radius 1 is 1.17 bits per heavy atom. The van der Waals surface area contributed by atoms with Crippen molar-refractivity contribution >= 4 is 0 Å². The Morgan fingerprint density at radius 2 is 1.75 bits per heavy atom. The minimum Gasteiger partial charge on any atom is -0.385 e. The standard InChI is InChI=1S/C7H8.C4H10O/c1-7-5-3-2-4-6-7;1-3-4-5-2/h2-6H,1H3;3-4H2,1-2H3. The number of hydrogen-bond donors (Lipinski definition) is 0. The van der Waals surface area contributed by atoms with Gasteiger partial charge in [-0.3, -0.25) is 0 Å². The number of methoxy groups -OCH3 is 1. The molecule has 68 valence electrons. The number of rotatable bonds is 2. The number of aryl methyl sites for hydroxylation is 1. The summed E-state index contributed by atoms with van der Waals surface area (Å²) >= 11 is 0. The lowest BCUT2D eigenvalue weighted by Gasteiger charge is -1.84. The lowest BCUT2D eigenvalue weighted by Crippen LogP contribution is -1.80. The molecule has 0 bridgehead atoms. The predicted molar refractivity (Wildman–Crippen MR) is 53.3 cm³/mol. The predicted octanol–water partition coefficient (Wildman–Crippen LogP) is 3.04. The van der Waals surface area contributed by atoms with Gasteiger partial charge in [-0.25, -0.2) is 0 Å². The third kappa shape index (κ3) is 7.29. The molecule has 0 aliphatic heterocycles. The van der Waals surface area contributed by atoms with Gasteiger partial charge in [0.1, 0.15) is 0 Å². The second-order valence-corrected chi connectivity index (χ2v) is 2.65. The second kappa shape index (κ2) is 8.28. The van der Waals surface area contributed by atoms with E-state index in [0.29, 0.717) is 0 Å². The Kier molecular flexibility index (Phi) is 7.71. The van der Waals surface area contributed by atoms with Crippen LogP contribution in [0.15, 0.2) is 30.3 Å². The monoisotopic (exact) mass is 166 g/mol. The summed E-state index contributed by atoms with van der Waals surface area (Å²) in [5.74, 6) is 0. The van der Waals surface area contributed by atoms with Crippen molar-refractivity contribution in [3.8, 4) is 0 Å². The SMILES string of the molecule is CCCOC.Cc1ccccc1. The van der Waals surface area contributed by atoms with Crippen LogP contribution >= 0.6 is 0 Å². The summed E-state index contributed by atoms with van der Waals surface area (Å²) in [6.07, 6.45) is 1.12. The Bertz CT molecular complexity index is 168. The van der Waals surface area contributed by atoms with E-state index in [1.807, 2.05) is 18.2 Å². The molecule has 1 heteroatoms. The molecule has 0 spiro atoms. The van der Waals surface area contributed by atoms with Gasteiger partial charge in [0.15, 0.2) is 0 Å². The highest BCUT2D eigenvalue weighted by Crippen LogP contribution is 1.92. The maximum atomic E-state index is 4.69. The molecule has 0 N–H and O–H groups in total. The highest BCUT2D eigenvalue weighted by Gasteiger charge is 1.72. The average Bonchev–Trinajstić information content (AvgIpc) is 2.08. The van der Waals surface area contributed by atoms with Gasteiger partial charge in [0, 0.05) is 13.7 Å². The van der Waals surface area contributed by atoms with Crippen LogP contribution in [0.2, 0.25) is 0 Å². The molecule has 0 amide bonds. The molecular formula is C11H18O. The first kappa shape index (κ1) is 11.2. The summed E-state index contributed by atoms with van der Waals surface area (Å²) < 4.78 is 4.69. The molecular weight excluding hydrogens is 148 g/mol. The summed E-state index contributed by atoms with van der Waals surface area (Å²) in [6.45, 7) is 5.06. The van der Waals surface area contributed by atoms with E-state index in [-0.39, 0.29) is 0 Å². The first-order valence-corrected chi connectivity index (χ1v) is 4.31. The van der Waals surface area contributed by atoms with Crippen molar-refractivity contribution in [2.45, 2.75) is 20.3 Å². The number of benzene rings is 1. The molecule has 0 aliphatic carbocycles. The zero-order valence-electron chi connectivity index (χ0n) is 8.21. The molecule has 12 heavy (non-hydrogen) atoms. The maximum Gasteiger partial charge on any atom is 0.0459 e. The largest absolute Gasteiger partial charge is 0.385 e. The van der Waals surface area contributed by atoms with Crippen LogP contribution in [0.1, 0.15) is 18.9 Å². The smallest absolute Gasteiger partial charge is 0.0459 e. The Balaban J connectivity index is 0.000000217. The maximum absolute atomic E-state index is 4.69. The zero-order chi connectivity index (χ0) is 9.23. The third-order valence-electron chi connectivity index (χ3n) is 1.35. The molecule has 0 radical (unpaired) electrons. The molecule has 0 saturated heterocycles. The van der Waals surface area contributed by atoms with E-state index in [2.05, 4.69) is 26.0 Å². The summed E-state index contributed by atoms with van der Waals surface area (Å²) in [4.78, 5) is 0. The van der Waals surface area contributed by atoms with Crippen molar-refractivity contribution in [1.82, 2.24) is 0 Å². The molecule has 0 atom stereocenters. The van der Waals surface area contributed by atoms with Crippen LogP contribution in [0, 0.1) is 6.92 Å². The fraction of sp³-hybridized carbons (Fsp3) is 0.455. The van der Waals surface area contributed by atoms with Crippen LogP contribution < -0.4 is 0 Å². The molecule has 1 aromatic rings. The van der Waals surface area contributed by atoms with Gasteiger partial charge in [0.25, 0.3) is 0 Å². The van der Waals surface area contributed by atoms with Crippen LogP contribution in [0.5, 0.6) is 0 Å².